The van der Waals surface area contributed by atoms with Crippen molar-refractivity contribution in [3.63, 3.8) is 0 Å². The number of nitrogens with one attached hydrogen (secondary N) is 1. The standard InChI is InChI=1S/C21H27N7O3S/c22-14-8-7-13-4-1-2-6-16(13)28(20(14)31)12-17(29)27-15(5-3-9-26-21(23)24)18(30)19-25-10-11-32-19/h1-2,4,6,10-11,14-15H,3,5,7-9,12,22H2,(H,27,29)(H4,23,24,26)/t14?,15-/m1/s1. The molecule has 0 saturated heterocycles. The van der Waals surface area contributed by atoms with Crippen LogP contribution in [0.25, 0.3) is 0 Å². The van der Waals surface area contributed by atoms with Crippen LogP contribution in [0.15, 0.2) is 40.8 Å². The van der Waals surface area contributed by atoms with E-state index in [4.69, 9.17) is 17.2 Å². The molecule has 0 fully saturated rings. The zero-order chi connectivity index (χ0) is 23.1. The quantitative estimate of drug-likeness (QED) is 0.180. The Morgan fingerprint density at radius 1 is 1.31 bits per heavy atom. The monoisotopic (exact) mass is 457 g/mol. The van der Waals surface area contributed by atoms with Gasteiger partial charge in [-0.1, -0.05) is 18.2 Å². The van der Waals surface area contributed by atoms with Crippen molar-refractivity contribution in [2.75, 3.05) is 18.0 Å². The zero-order valence-electron chi connectivity index (χ0n) is 17.6. The Kier molecular flexibility index (Phi) is 7.90. The van der Waals surface area contributed by atoms with E-state index in [1.807, 2.05) is 18.2 Å². The number of amides is 2. The molecule has 0 aliphatic carbocycles. The van der Waals surface area contributed by atoms with Gasteiger partial charge in [0.15, 0.2) is 11.0 Å². The molecule has 1 aromatic heterocycles. The molecule has 11 heteroatoms. The lowest BCUT2D eigenvalue weighted by atomic mass is 10.1. The molecule has 0 spiro atoms. The van der Waals surface area contributed by atoms with Gasteiger partial charge in [0.25, 0.3) is 0 Å². The molecule has 1 aliphatic rings. The lowest BCUT2D eigenvalue weighted by Crippen LogP contribution is -2.50. The fourth-order valence-electron chi connectivity index (χ4n) is 3.55. The van der Waals surface area contributed by atoms with Gasteiger partial charge in [0.1, 0.15) is 6.54 Å². The van der Waals surface area contributed by atoms with Crippen LogP contribution in [0.1, 0.15) is 34.6 Å². The molecule has 32 heavy (non-hydrogen) atoms. The van der Waals surface area contributed by atoms with E-state index in [0.29, 0.717) is 42.9 Å². The number of Topliss-reactive ketones (excluding diaryl/α,β-unsaturated/α-hetero) is 1. The van der Waals surface area contributed by atoms with Crippen LogP contribution in [0.5, 0.6) is 0 Å². The molecule has 0 radical (unpaired) electrons. The summed E-state index contributed by atoms with van der Waals surface area (Å²) in [6.45, 7) is 0.0891. The molecule has 1 aliphatic heterocycles. The third-order valence-electron chi connectivity index (χ3n) is 5.13. The molecular weight excluding hydrogens is 430 g/mol. The number of fused-ring (bicyclic) bond motifs is 1. The topological polar surface area (TPSA) is 170 Å². The third-order valence-corrected chi connectivity index (χ3v) is 5.92. The highest BCUT2D eigenvalue weighted by Gasteiger charge is 2.31. The number of carbonyl (C=O) groups excluding carboxylic acids is 3. The predicted octanol–water partition coefficient (Wildman–Crippen LogP) is 0.171. The van der Waals surface area contributed by atoms with E-state index in [2.05, 4.69) is 15.3 Å². The van der Waals surface area contributed by atoms with E-state index in [0.717, 1.165) is 5.56 Å². The second-order valence-corrected chi connectivity index (χ2v) is 8.36. The Hall–Kier alpha value is -3.31. The maximum atomic E-state index is 12.9. The number of aromatic nitrogens is 1. The summed E-state index contributed by atoms with van der Waals surface area (Å²) in [5.41, 5.74) is 18.3. The molecular formula is C21H27N7O3S. The lowest BCUT2D eigenvalue weighted by molar-refractivity contribution is -0.124. The second-order valence-electron chi connectivity index (χ2n) is 7.47. The first kappa shape index (κ1) is 23.4. The van der Waals surface area contributed by atoms with Crippen LogP contribution < -0.4 is 27.4 Å². The van der Waals surface area contributed by atoms with Gasteiger partial charge < -0.3 is 27.4 Å². The van der Waals surface area contributed by atoms with Crippen molar-refractivity contribution < 1.29 is 14.4 Å². The molecule has 1 unspecified atom stereocenters. The number of hydrogen-bond acceptors (Lipinski definition) is 7. The van der Waals surface area contributed by atoms with Gasteiger partial charge in [-0.3, -0.25) is 19.4 Å². The van der Waals surface area contributed by atoms with Crippen molar-refractivity contribution >= 4 is 40.6 Å². The Labute approximate surface area is 189 Å². The fraction of sp³-hybridized carbons (Fsp3) is 0.381. The number of thiazole rings is 1. The Balaban J connectivity index is 1.74. The second kappa shape index (κ2) is 10.8. The van der Waals surface area contributed by atoms with Crippen molar-refractivity contribution in [1.29, 1.82) is 0 Å². The maximum Gasteiger partial charge on any atom is 0.244 e. The van der Waals surface area contributed by atoms with Gasteiger partial charge in [0, 0.05) is 23.8 Å². The maximum absolute atomic E-state index is 12.9. The lowest BCUT2D eigenvalue weighted by Gasteiger charge is -2.25. The van der Waals surface area contributed by atoms with E-state index in [1.54, 1.807) is 11.4 Å². The summed E-state index contributed by atoms with van der Waals surface area (Å²) < 4.78 is 0. The highest BCUT2D eigenvalue weighted by molar-refractivity contribution is 7.11. The molecule has 2 aromatic rings. The number of nitrogens with two attached hydrogens (primary N) is 3. The van der Waals surface area contributed by atoms with Crippen molar-refractivity contribution in [1.82, 2.24) is 10.3 Å². The first-order valence-corrected chi connectivity index (χ1v) is 11.2. The summed E-state index contributed by atoms with van der Waals surface area (Å²) in [5.74, 6) is -1.11. The van der Waals surface area contributed by atoms with Crippen LogP contribution >= 0.6 is 11.3 Å². The molecule has 1 aromatic carbocycles. The Morgan fingerprint density at radius 3 is 2.81 bits per heavy atom. The van der Waals surface area contributed by atoms with Gasteiger partial charge >= 0.3 is 0 Å². The van der Waals surface area contributed by atoms with Gasteiger partial charge in [-0.2, -0.15) is 0 Å². The van der Waals surface area contributed by atoms with Crippen LogP contribution in [0.4, 0.5) is 5.69 Å². The van der Waals surface area contributed by atoms with Gasteiger partial charge in [-0.05, 0) is 37.3 Å². The first-order valence-electron chi connectivity index (χ1n) is 10.3. The minimum Gasteiger partial charge on any atom is -0.370 e. The van der Waals surface area contributed by atoms with Crippen LogP contribution in [-0.4, -0.2) is 53.7 Å². The molecule has 170 valence electrons. The molecule has 3 rings (SSSR count). The van der Waals surface area contributed by atoms with Crippen molar-refractivity contribution in [3.05, 3.63) is 46.4 Å². The average Bonchev–Trinajstić information content (AvgIpc) is 3.28. The van der Waals surface area contributed by atoms with Crippen LogP contribution in [0.2, 0.25) is 0 Å². The SMILES string of the molecule is NC(N)=NCCC[C@@H](NC(=O)CN1C(=O)C(N)CCc2ccccc21)C(=O)c1nccs1. The van der Waals surface area contributed by atoms with Crippen LogP contribution in [0.3, 0.4) is 0 Å². The summed E-state index contributed by atoms with van der Waals surface area (Å²) in [4.78, 5) is 48.0. The highest BCUT2D eigenvalue weighted by atomic mass is 32.1. The number of anilines is 1. The van der Waals surface area contributed by atoms with Crippen molar-refractivity contribution in [3.8, 4) is 0 Å². The van der Waals surface area contributed by atoms with E-state index < -0.39 is 18.0 Å². The fourth-order valence-corrected chi connectivity index (χ4v) is 4.18. The average molecular weight is 458 g/mol. The normalized spacial score (nSPS) is 16.6. The molecule has 2 heterocycles. The largest absolute Gasteiger partial charge is 0.370 e. The zero-order valence-corrected chi connectivity index (χ0v) is 18.4. The minimum atomic E-state index is -0.811. The van der Waals surface area contributed by atoms with Crippen molar-refractivity contribution in [2.45, 2.75) is 37.8 Å². The number of aryl methyl sites for hydroxylation is 1. The summed E-state index contributed by atoms with van der Waals surface area (Å²) in [5, 5.41) is 4.76. The predicted molar refractivity (Wildman–Crippen MR) is 123 cm³/mol. The number of guanidine groups is 1. The van der Waals surface area contributed by atoms with Gasteiger partial charge in [0.2, 0.25) is 17.6 Å². The minimum absolute atomic E-state index is 0.0356. The summed E-state index contributed by atoms with van der Waals surface area (Å²) in [6.07, 6.45) is 3.49. The Morgan fingerprint density at radius 2 is 2.09 bits per heavy atom. The van der Waals surface area contributed by atoms with Crippen LogP contribution in [-0.2, 0) is 16.0 Å². The number of aliphatic imine (C=N–C) groups is 1. The smallest absolute Gasteiger partial charge is 0.244 e. The summed E-state index contributed by atoms with van der Waals surface area (Å²) in [7, 11) is 0. The molecule has 2 amide bonds. The number of ketones is 1. The number of nitrogens with zero attached hydrogens (tertiary/aromatic N) is 3. The van der Waals surface area contributed by atoms with Crippen molar-refractivity contribution in [2.24, 2.45) is 22.2 Å². The van der Waals surface area contributed by atoms with Gasteiger partial charge in [-0.25, -0.2) is 4.98 Å². The molecule has 2 atom stereocenters. The van der Waals surface area contributed by atoms with Crippen LogP contribution in [0, 0.1) is 0 Å². The molecule has 7 N–H and O–H groups in total. The highest BCUT2D eigenvalue weighted by Crippen LogP contribution is 2.26. The van der Waals surface area contributed by atoms with Gasteiger partial charge in [0.05, 0.1) is 12.1 Å². The third kappa shape index (κ3) is 5.89. The summed E-state index contributed by atoms with van der Waals surface area (Å²) in [6, 6.07) is 5.91. The van der Waals surface area contributed by atoms with Gasteiger partial charge in [-0.15, -0.1) is 11.3 Å². The first-order chi connectivity index (χ1) is 15.4. The number of carbonyl (C=O) groups is 3. The van der Waals surface area contributed by atoms with E-state index >= 15 is 0 Å². The number of rotatable bonds is 9. The summed E-state index contributed by atoms with van der Waals surface area (Å²) >= 11 is 1.20. The number of para-hydroxylation sites is 1. The molecule has 10 nitrogen and oxygen atoms in total. The molecule has 0 saturated carbocycles. The molecule has 0 bridgehead atoms. The number of hydrogen-bond donors (Lipinski definition) is 4. The van der Waals surface area contributed by atoms with E-state index in [9.17, 15) is 14.4 Å². The number of benzene rings is 1. The van der Waals surface area contributed by atoms with E-state index in [-0.39, 0.29) is 24.2 Å². The van der Waals surface area contributed by atoms with E-state index in [1.165, 1.54) is 22.4 Å². The Bertz CT molecular complexity index is 989.